The molecule has 0 amide bonds. The van der Waals surface area contributed by atoms with Gasteiger partial charge in [0.25, 0.3) is 0 Å². The van der Waals surface area contributed by atoms with Crippen LogP contribution in [0.3, 0.4) is 0 Å². The Hall–Kier alpha value is -3.34. The number of aryl methyl sites for hydroxylation is 1. The fourth-order valence-electron chi connectivity index (χ4n) is 3.28. The molecule has 2 heterocycles. The second-order valence-corrected chi connectivity index (χ2v) is 6.40. The lowest BCUT2D eigenvalue weighted by Crippen LogP contribution is -2.07. The minimum absolute atomic E-state index is 0.303. The van der Waals surface area contributed by atoms with Crippen molar-refractivity contribution < 1.29 is 14.3 Å². The van der Waals surface area contributed by atoms with Crippen LogP contribution in [0.4, 0.5) is 0 Å². The molecular formula is C22H20N2O3. The molecule has 0 fully saturated rings. The van der Waals surface area contributed by atoms with Crippen molar-refractivity contribution in [2.24, 2.45) is 0 Å². The Kier molecular flexibility index (Phi) is 4.28. The number of benzene rings is 2. The van der Waals surface area contributed by atoms with E-state index < -0.39 is 5.97 Å². The maximum Gasteiger partial charge on any atom is 0.356 e. The number of carbonyl (C=O) groups is 1. The number of pyridine rings is 1. The molecule has 0 saturated carbocycles. The fourth-order valence-corrected chi connectivity index (χ4v) is 3.28. The molecule has 5 heteroatoms. The standard InChI is InChI=1S/C22H20N2O3/c1-4-27-22(25)19-12-17-16-11-13(2)5-10-18(16)23-21(17)20(24-19)14-6-8-15(26-3)9-7-14/h5-12,23H,4H2,1-3H3. The summed E-state index contributed by atoms with van der Waals surface area (Å²) < 4.78 is 10.4. The van der Waals surface area contributed by atoms with Crippen molar-refractivity contribution >= 4 is 27.8 Å². The van der Waals surface area contributed by atoms with Crippen molar-refractivity contribution in [2.45, 2.75) is 13.8 Å². The summed E-state index contributed by atoms with van der Waals surface area (Å²) in [5, 5.41) is 2.02. The molecular weight excluding hydrogens is 340 g/mol. The minimum atomic E-state index is -0.420. The van der Waals surface area contributed by atoms with Gasteiger partial charge in [0.15, 0.2) is 0 Å². The third kappa shape index (κ3) is 3.01. The molecule has 0 aliphatic rings. The number of carbonyl (C=O) groups excluding carboxylic acids is 1. The monoisotopic (exact) mass is 360 g/mol. The second-order valence-electron chi connectivity index (χ2n) is 6.40. The number of nitrogens with one attached hydrogen (secondary N) is 1. The van der Waals surface area contributed by atoms with Crippen LogP contribution in [0.5, 0.6) is 5.75 Å². The van der Waals surface area contributed by atoms with Crippen molar-refractivity contribution in [3.05, 3.63) is 59.8 Å². The summed E-state index contributed by atoms with van der Waals surface area (Å²) in [7, 11) is 1.63. The largest absolute Gasteiger partial charge is 0.497 e. The number of rotatable bonds is 4. The summed E-state index contributed by atoms with van der Waals surface area (Å²) in [6, 6.07) is 15.7. The van der Waals surface area contributed by atoms with Gasteiger partial charge in [0.1, 0.15) is 11.4 Å². The van der Waals surface area contributed by atoms with E-state index in [1.807, 2.05) is 30.3 Å². The lowest BCUT2D eigenvalue weighted by molar-refractivity contribution is 0.0520. The predicted octanol–water partition coefficient (Wildman–Crippen LogP) is 4.88. The van der Waals surface area contributed by atoms with Gasteiger partial charge in [0.05, 0.1) is 24.9 Å². The van der Waals surface area contributed by atoms with Gasteiger partial charge in [-0.1, -0.05) is 11.6 Å². The molecule has 0 aliphatic carbocycles. The van der Waals surface area contributed by atoms with Crippen molar-refractivity contribution in [1.29, 1.82) is 0 Å². The maximum absolute atomic E-state index is 12.4. The summed E-state index contributed by atoms with van der Waals surface area (Å²) in [5.74, 6) is 0.347. The molecule has 5 nitrogen and oxygen atoms in total. The van der Waals surface area contributed by atoms with Crippen LogP contribution in [-0.2, 0) is 4.74 Å². The molecule has 2 aromatic heterocycles. The Morgan fingerprint density at radius 1 is 1.07 bits per heavy atom. The normalized spacial score (nSPS) is 11.1. The first kappa shape index (κ1) is 17.1. The summed E-state index contributed by atoms with van der Waals surface area (Å²) in [5.41, 5.74) is 4.98. The van der Waals surface area contributed by atoms with Gasteiger partial charge >= 0.3 is 5.97 Å². The number of methoxy groups -OCH3 is 1. The molecule has 0 unspecified atom stereocenters. The van der Waals surface area contributed by atoms with E-state index in [0.717, 1.165) is 38.7 Å². The van der Waals surface area contributed by atoms with E-state index in [9.17, 15) is 4.79 Å². The third-order valence-electron chi connectivity index (χ3n) is 4.59. The van der Waals surface area contributed by atoms with E-state index >= 15 is 0 Å². The Labute approximate surface area is 156 Å². The zero-order valence-corrected chi connectivity index (χ0v) is 15.5. The van der Waals surface area contributed by atoms with E-state index in [4.69, 9.17) is 9.47 Å². The zero-order chi connectivity index (χ0) is 19.0. The summed E-state index contributed by atoms with van der Waals surface area (Å²) in [6.45, 7) is 4.15. The van der Waals surface area contributed by atoms with E-state index in [-0.39, 0.29) is 0 Å². The van der Waals surface area contributed by atoms with Crippen molar-refractivity contribution in [3.63, 3.8) is 0 Å². The quantitative estimate of drug-likeness (QED) is 0.527. The first-order valence-corrected chi connectivity index (χ1v) is 8.85. The Morgan fingerprint density at radius 3 is 2.56 bits per heavy atom. The molecule has 27 heavy (non-hydrogen) atoms. The van der Waals surface area contributed by atoms with Gasteiger partial charge in [-0.15, -0.1) is 0 Å². The number of nitrogens with zero attached hydrogens (tertiary/aromatic N) is 1. The zero-order valence-electron chi connectivity index (χ0n) is 15.5. The number of ether oxygens (including phenoxy) is 2. The number of esters is 1. The third-order valence-corrected chi connectivity index (χ3v) is 4.59. The van der Waals surface area contributed by atoms with Gasteiger partial charge in [0, 0.05) is 21.9 Å². The summed E-state index contributed by atoms with van der Waals surface area (Å²) in [4.78, 5) is 20.5. The molecule has 136 valence electrons. The van der Waals surface area contributed by atoms with Crippen LogP contribution in [0.15, 0.2) is 48.5 Å². The predicted molar refractivity (Wildman–Crippen MR) is 106 cm³/mol. The molecule has 2 aromatic carbocycles. The average molecular weight is 360 g/mol. The van der Waals surface area contributed by atoms with Gasteiger partial charge in [-0.2, -0.15) is 0 Å². The highest BCUT2D eigenvalue weighted by Crippen LogP contribution is 2.34. The molecule has 4 rings (SSSR count). The highest BCUT2D eigenvalue weighted by molar-refractivity contribution is 6.13. The number of fused-ring (bicyclic) bond motifs is 3. The lowest BCUT2D eigenvalue weighted by Gasteiger charge is -2.08. The van der Waals surface area contributed by atoms with Crippen molar-refractivity contribution in [3.8, 4) is 17.0 Å². The highest BCUT2D eigenvalue weighted by atomic mass is 16.5. The van der Waals surface area contributed by atoms with Crippen molar-refractivity contribution in [1.82, 2.24) is 9.97 Å². The van der Waals surface area contributed by atoms with E-state index in [1.165, 1.54) is 0 Å². The van der Waals surface area contributed by atoms with Gasteiger partial charge in [0.2, 0.25) is 0 Å². The molecule has 0 saturated heterocycles. The topological polar surface area (TPSA) is 64.2 Å². The fraction of sp³-hybridized carbons (Fsp3) is 0.182. The molecule has 0 atom stereocenters. The second kappa shape index (κ2) is 6.76. The number of hydrogen-bond acceptors (Lipinski definition) is 4. The highest BCUT2D eigenvalue weighted by Gasteiger charge is 2.18. The Morgan fingerprint density at radius 2 is 1.85 bits per heavy atom. The molecule has 0 spiro atoms. The molecule has 4 aromatic rings. The summed E-state index contributed by atoms with van der Waals surface area (Å²) in [6.07, 6.45) is 0. The average Bonchev–Trinajstić information content (AvgIpc) is 3.05. The van der Waals surface area contributed by atoms with Crippen LogP contribution >= 0.6 is 0 Å². The number of hydrogen-bond donors (Lipinski definition) is 1. The number of H-pyrrole nitrogens is 1. The SMILES string of the molecule is CCOC(=O)c1cc2c([nH]c3ccc(C)cc32)c(-c2ccc(OC)cc2)n1. The maximum atomic E-state index is 12.4. The van der Waals surface area contributed by atoms with Crippen LogP contribution in [0.25, 0.3) is 33.1 Å². The van der Waals surface area contributed by atoms with Crippen LogP contribution in [0, 0.1) is 6.92 Å². The number of aromatic amines is 1. The van der Waals surface area contributed by atoms with Crippen LogP contribution < -0.4 is 4.74 Å². The van der Waals surface area contributed by atoms with Crippen LogP contribution in [0.1, 0.15) is 23.0 Å². The van der Waals surface area contributed by atoms with Gasteiger partial charge in [-0.25, -0.2) is 9.78 Å². The van der Waals surface area contributed by atoms with E-state index in [2.05, 4.69) is 29.0 Å². The Bertz CT molecular complexity index is 1140. The van der Waals surface area contributed by atoms with Crippen LogP contribution in [-0.4, -0.2) is 29.7 Å². The first-order valence-electron chi connectivity index (χ1n) is 8.85. The van der Waals surface area contributed by atoms with Gasteiger partial charge in [-0.05, 0) is 56.3 Å². The van der Waals surface area contributed by atoms with E-state index in [1.54, 1.807) is 20.1 Å². The van der Waals surface area contributed by atoms with Gasteiger partial charge < -0.3 is 14.5 Å². The Balaban J connectivity index is 2.02. The minimum Gasteiger partial charge on any atom is -0.497 e. The molecule has 0 bridgehead atoms. The number of aromatic nitrogens is 2. The summed E-state index contributed by atoms with van der Waals surface area (Å²) >= 11 is 0. The first-order chi connectivity index (χ1) is 13.1. The molecule has 0 radical (unpaired) electrons. The van der Waals surface area contributed by atoms with Crippen molar-refractivity contribution in [2.75, 3.05) is 13.7 Å². The smallest absolute Gasteiger partial charge is 0.356 e. The lowest BCUT2D eigenvalue weighted by atomic mass is 10.1. The molecule has 0 aliphatic heterocycles. The van der Waals surface area contributed by atoms with E-state index in [0.29, 0.717) is 18.0 Å². The van der Waals surface area contributed by atoms with Crippen LogP contribution in [0.2, 0.25) is 0 Å². The molecule has 1 N–H and O–H groups in total. The van der Waals surface area contributed by atoms with Gasteiger partial charge in [-0.3, -0.25) is 0 Å².